The van der Waals surface area contributed by atoms with Crippen molar-refractivity contribution < 1.29 is 22.7 Å². The Morgan fingerprint density at radius 2 is 1.80 bits per heavy atom. The Balaban J connectivity index is 1.67. The van der Waals surface area contributed by atoms with E-state index in [-0.39, 0.29) is 25.5 Å². The van der Waals surface area contributed by atoms with Crippen LogP contribution in [0.25, 0.3) is 11.1 Å². The van der Waals surface area contributed by atoms with Gasteiger partial charge in [-0.1, -0.05) is 66.2 Å². The fourth-order valence-electron chi connectivity index (χ4n) is 3.80. The summed E-state index contributed by atoms with van der Waals surface area (Å²) in [6, 6.07) is 21.1. The molecular weight excluding hydrogens is 477 g/mol. The number of ether oxygens (including phenoxy) is 1. The number of rotatable bonds is 10. The zero-order valence-electron chi connectivity index (χ0n) is 19.7. The van der Waals surface area contributed by atoms with Gasteiger partial charge >= 0.3 is 6.18 Å². The van der Waals surface area contributed by atoms with E-state index in [1.165, 1.54) is 11.8 Å². The Bertz CT molecular complexity index is 1140. The third-order valence-corrected chi connectivity index (χ3v) is 5.82. The first-order chi connectivity index (χ1) is 16.6. The van der Waals surface area contributed by atoms with Crippen LogP contribution in [-0.4, -0.2) is 36.6 Å². The predicted molar refractivity (Wildman–Crippen MR) is 132 cm³/mol. The molecule has 4 nitrogen and oxygen atoms in total. The van der Waals surface area contributed by atoms with Gasteiger partial charge in [0.1, 0.15) is 12.4 Å². The van der Waals surface area contributed by atoms with E-state index in [4.69, 9.17) is 16.3 Å². The molecule has 35 heavy (non-hydrogen) atoms. The lowest BCUT2D eigenvalue weighted by Crippen LogP contribution is -2.39. The van der Waals surface area contributed by atoms with Crippen molar-refractivity contribution in [2.24, 2.45) is 0 Å². The molecule has 3 aromatic rings. The maximum Gasteiger partial charge on any atom is 0.401 e. The van der Waals surface area contributed by atoms with Crippen LogP contribution in [0.2, 0.25) is 5.02 Å². The van der Waals surface area contributed by atoms with E-state index >= 15 is 0 Å². The molecule has 0 heterocycles. The molecule has 186 valence electrons. The molecule has 0 radical (unpaired) electrons. The molecule has 0 unspecified atom stereocenters. The second kappa shape index (κ2) is 12.1. The van der Waals surface area contributed by atoms with Gasteiger partial charge < -0.3 is 10.1 Å². The Hall–Kier alpha value is -3.03. The van der Waals surface area contributed by atoms with Crippen molar-refractivity contribution in [3.63, 3.8) is 0 Å². The maximum absolute atomic E-state index is 13.0. The largest absolute Gasteiger partial charge is 0.487 e. The highest BCUT2D eigenvalue weighted by Gasteiger charge is 2.30. The van der Waals surface area contributed by atoms with Crippen LogP contribution >= 0.6 is 11.6 Å². The Labute approximate surface area is 208 Å². The number of halogens is 4. The number of hydrogen-bond donors (Lipinski definition) is 1. The maximum atomic E-state index is 13.0. The van der Waals surface area contributed by atoms with Crippen molar-refractivity contribution in [2.75, 3.05) is 19.6 Å². The standard InChI is InChI=1S/C27H28ClF3N2O2/c1-19-23(9-6-10-24(19)22-7-4-3-5-8-22)17-35-26-12-11-21(15-25(26)28)16-33(18-27(29,30)31)14-13-32-20(2)34/h3-12,15H,13-14,16-18H2,1-2H3,(H,32,34). The van der Waals surface area contributed by atoms with Crippen LogP contribution < -0.4 is 10.1 Å². The first kappa shape index (κ1) is 26.6. The van der Waals surface area contributed by atoms with Crippen LogP contribution in [0.4, 0.5) is 13.2 Å². The zero-order valence-corrected chi connectivity index (χ0v) is 20.4. The second-order valence-corrected chi connectivity index (χ2v) is 8.73. The van der Waals surface area contributed by atoms with Crippen molar-refractivity contribution in [1.29, 1.82) is 0 Å². The second-order valence-electron chi connectivity index (χ2n) is 8.32. The predicted octanol–water partition coefficient (Wildman–Crippen LogP) is 6.39. The van der Waals surface area contributed by atoms with Gasteiger partial charge in [0.15, 0.2) is 0 Å². The third kappa shape index (κ3) is 8.30. The van der Waals surface area contributed by atoms with E-state index in [9.17, 15) is 18.0 Å². The molecule has 3 rings (SSSR count). The molecule has 0 saturated heterocycles. The van der Waals surface area contributed by atoms with Gasteiger partial charge in [-0.25, -0.2) is 0 Å². The minimum absolute atomic E-state index is 0.0390. The van der Waals surface area contributed by atoms with E-state index in [0.29, 0.717) is 22.9 Å². The summed E-state index contributed by atoms with van der Waals surface area (Å²) in [6.07, 6.45) is -4.35. The van der Waals surface area contributed by atoms with Gasteiger partial charge in [-0.15, -0.1) is 0 Å². The summed E-state index contributed by atoms with van der Waals surface area (Å²) in [5.41, 5.74) is 4.99. The summed E-state index contributed by atoms with van der Waals surface area (Å²) >= 11 is 6.40. The highest BCUT2D eigenvalue weighted by atomic mass is 35.5. The van der Waals surface area contributed by atoms with Crippen molar-refractivity contribution in [2.45, 2.75) is 33.2 Å². The lowest BCUT2D eigenvalue weighted by molar-refractivity contribution is -0.147. The van der Waals surface area contributed by atoms with Crippen LogP contribution in [0.1, 0.15) is 23.6 Å². The van der Waals surface area contributed by atoms with E-state index in [0.717, 1.165) is 22.3 Å². The Morgan fingerprint density at radius 3 is 2.46 bits per heavy atom. The molecule has 1 amide bonds. The van der Waals surface area contributed by atoms with Crippen LogP contribution in [0.15, 0.2) is 66.7 Å². The lowest BCUT2D eigenvalue weighted by Gasteiger charge is -2.24. The summed E-state index contributed by atoms with van der Waals surface area (Å²) in [4.78, 5) is 12.3. The number of benzene rings is 3. The third-order valence-electron chi connectivity index (χ3n) is 5.52. The van der Waals surface area contributed by atoms with Gasteiger partial charge in [0.25, 0.3) is 0 Å². The summed E-state index contributed by atoms with van der Waals surface area (Å²) in [6.45, 7) is 2.82. The van der Waals surface area contributed by atoms with Gasteiger partial charge in [-0.3, -0.25) is 9.69 Å². The van der Waals surface area contributed by atoms with E-state index in [2.05, 4.69) is 23.5 Å². The molecule has 0 aliphatic carbocycles. The van der Waals surface area contributed by atoms with E-state index < -0.39 is 12.7 Å². The number of amides is 1. The quantitative estimate of drug-likeness (QED) is 0.347. The summed E-state index contributed by atoms with van der Waals surface area (Å²) < 4.78 is 44.9. The average Bonchev–Trinajstić information content (AvgIpc) is 2.78. The molecule has 0 atom stereocenters. The highest BCUT2D eigenvalue weighted by molar-refractivity contribution is 6.32. The molecule has 0 aromatic heterocycles. The van der Waals surface area contributed by atoms with Crippen molar-refractivity contribution in [3.8, 4) is 16.9 Å². The summed E-state index contributed by atoms with van der Waals surface area (Å²) in [5, 5.41) is 2.85. The van der Waals surface area contributed by atoms with Crippen molar-refractivity contribution in [3.05, 3.63) is 88.4 Å². The minimum atomic E-state index is -4.35. The number of hydrogen-bond acceptors (Lipinski definition) is 3. The molecule has 3 aromatic carbocycles. The van der Waals surface area contributed by atoms with Gasteiger partial charge in [-0.2, -0.15) is 13.2 Å². The molecule has 0 spiro atoms. The Morgan fingerprint density at radius 1 is 1.06 bits per heavy atom. The summed E-state index contributed by atoms with van der Waals surface area (Å²) in [7, 11) is 0. The first-order valence-electron chi connectivity index (χ1n) is 11.2. The number of alkyl halides is 3. The molecule has 0 aliphatic heterocycles. The van der Waals surface area contributed by atoms with E-state index in [1.807, 2.05) is 37.3 Å². The Kier molecular flexibility index (Phi) is 9.18. The molecule has 0 bridgehead atoms. The van der Waals surface area contributed by atoms with Crippen LogP contribution in [-0.2, 0) is 17.9 Å². The van der Waals surface area contributed by atoms with Crippen molar-refractivity contribution >= 4 is 17.5 Å². The monoisotopic (exact) mass is 504 g/mol. The molecule has 1 N–H and O–H groups in total. The number of carbonyl (C=O) groups is 1. The zero-order chi connectivity index (χ0) is 25.4. The molecular formula is C27H28ClF3N2O2. The smallest absolute Gasteiger partial charge is 0.401 e. The van der Waals surface area contributed by atoms with Gasteiger partial charge in [-0.05, 0) is 46.9 Å². The van der Waals surface area contributed by atoms with Crippen LogP contribution in [0, 0.1) is 6.92 Å². The molecule has 0 saturated carbocycles. The minimum Gasteiger partial charge on any atom is -0.487 e. The number of nitrogens with one attached hydrogen (secondary N) is 1. The van der Waals surface area contributed by atoms with Gasteiger partial charge in [0.05, 0.1) is 11.6 Å². The fourth-order valence-corrected chi connectivity index (χ4v) is 4.06. The first-order valence-corrected chi connectivity index (χ1v) is 11.6. The van der Waals surface area contributed by atoms with Gasteiger partial charge in [0, 0.05) is 26.6 Å². The van der Waals surface area contributed by atoms with Crippen molar-refractivity contribution in [1.82, 2.24) is 10.2 Å². The fraction of sp³-hybridized carbons (Fsp3) is 0.296. The normalized spacial score (nSPS) is 11.5. The topological polar surface area (TPSA) is 41.6 Å². The summed E-state index contributed by atoms with van der Waals surface area (Å²) in [5.74, 6) is 0.173. The van der Waals surface area contributed by atoms with Gasteiger partial charge in [0.2, 0.25) is 5.91 Å². The van der Waals surface area contributed by atoms with Crippen LogP contribution in [0.3, 0.4) is 0 Å². The molecule has 0 aliphatic rings. The average molecular weight is 505 g/mol. The molecule has 0 fully saturated rings. The molecule has 8 heteroatoms. The lowest BCUT2D eigenvalue weighted by atomic mass is 9.97. The number of nitrogens with zero attached hydrogens (tertiary/aromatic N) is 1. The van der Waals surface area contributed by atoms with E-state index in [1.54, 1.807) is 18.2 Å². The SMILES string of the molecule is CC(=O)NCCN(Cc1ccc(OCc2cccc(-c3ccccc3)c2C)c(Cl)c1)CC(F)(F)F. The number of carbonyl (C=O) groups excluding carboxylic acids is 1. The highest BCUT2D eigenvalue weighted by Crippen LogP contribution is 2.30. The van der Waals surface area contributed by atoms with Crippen LogP contribution in [0.5, 0.6) is 5.75 Å².